The fourth-order valence-electron chi connectivity index (χ4n) is 2.44. The lowest BCUT2D eigenvalue weighted by Gasteiger charge is -2.33. The molecule has 0 saturated heterocycles. The molecule has 0 spiro atoms. The lowest BCUT2D eigenvalue weighted by molar-refractivity contribution is 0.230. The Hall–Kier alpha value is -0.410. The summed E-state index contributed by atoms with van der Waals surface area (Å²) in [6, 6.07) is 0.521. The monoisotopic (exact) mass is 252 g/mol. The van der Waals surface area contributed by atoms with Gasteiger partial charge in [0.25, 0.3) is 0 Å². The van der Waals surface area contributed by atoms with Gasteiger partial charge in [0.15, 0.2) is 0 Å². The van der Waals surface area contributed by atoms with Crippen LogP contribution in [0.2, 0.25) is 0 Å². The summed E-state index contributed by atoms with van der Waals surface area (Å²) in [7, 11) is 0. The fraction of sp³-hybridized carbons (Fsp3) is 0.786. The minimum atomic E-state index is 0.521. The van der Waals surface area contributed by atoms with Crippen molar-refractivity contribution in [3.05, 3.63) is 15.6 Å². The number of hydrogen-bond acceptors (Lipinski definition) is 3. The van der Waals surface area contributed by atoms with E-state index in [0.717, 1.165) is 18.9 Å². The first-order chi connectivity index (χ1) is 8.26. The van der Waals surface area contributed by atoms with Gasteiger partial charge >= 0.3 is 0 Å². The van der Waals surface area contributed by atoms with Crippen molar-refractivity contribution in [2.45, 2.75) is 58.9 Å². The molecule has 1 heterocycles. The predicted molar refractivity (Wildman–Crippen MR) is 74.6 cm³/mol. The number of rotatable bonds is 6. The van der Waals surface area contributed by atoms with Crippen molar-refractivity contribution < 1.29 is 0 Å². The van der Waals surface area contributed by atoms with Crippen molar-refractivity contribution in [1.82, 2.24) is 10.3 Å². The van der Waals surface area contributed by atoms with E-state index < -0.39 is 0 Å². The summed E-state index contributed by atoms with van der Waals surface area (Å²) in [6.45, 7) is 7.75. The van der Waals surface area contributed by atoms with Crippen LogP contribution in [0.3, 0.4) is 0 Å². The third kappa shape index (κ3) is 2.89. The molecule has 1 aromatic heterocycles. The van der Waals surface area contributed by atoms with E-state index in [1.54, 1.807) is 0 Å². The normalized spacial score (nSPS) is 18.1. The van der Waals surface area contributed by atoms with Gasteiger partial charge in [0, 0.05) is 4.88 Å². The van der Waals surface area contributed by atoms with Crippen molar-refractivity contribution in [2.24, 2.45) is 5.92 Å². The van der Waals surface area contributed by atoms with Gasteiger partial charge in [0.1, 0.15) is 5.01 Å². The molecule has 2 rings (SSSR count). The SMILES string of the molecule is CCCNC(c1nc(CC)c(C)s1)C1CCC1. The van der Waals surface area contributed by atoms with E-state index >= 15 is 0 Å². The zero-order chi connectivity index (χ0) is 12.3. The summed E-state index contributed by atoms with van der Waals surface area (Å²) < 4.78 is 0. The molecule has 1 aliphatic carbocycles. The fourth-order valence-corrected chi connectivity index (χ4v) is 3.62. The van der Waals surface area contributed by atoms with E-state index in [-0.39, 0.29) is 0 Å². The van der Waals surface area contributed by atoms with Crippen molar-refractivity contribution in [1.29, 1.82) is 0 Å². The van der Waals surface area contributed by atoms with Gasteiger partial charge in [-0.15, -0.1) is 11.3 Å². The number of nitrogens with zero attached hydrogens (tertiary/aromatic N) is 1. The summed E-state index contributed by atoms with van der Waals surface area (Å²) >= 11 is 1.90. The van der Waals surface area contributed by atoms with Crippen molar-refractivity contribution in [3.8, 4) is 0 Å². The number of thiazole rings is 1. The lowest BCUT2D eigenvalue weighted by Crippen LogP contribution is -2.32. The van der Waals surface area contributed by atoms with Crippen molar-refractivity contribution in [2.75, 3.05) is 6.54 Å². The average molecular weight is 252 g/mol. The van der Waals surface area contributed by atoms with Crippen LogP contribution in [0.1, 0.15) is 61.2 Å². The minimum Gasteiger partial charge on any atom is -0.308 e. The van der Waals surface area contributed by atoms with Gasteiger partial charge in [-0.25, -0.2) is 4.98 Å². The average Bonchev–Trinajstić information content (AvgIpc) is 2.62. The molecule has 1 saturated carbocycles. The third-order valence-electron chi connectivity index (χ3n) is 3.75. The van der Waals surface area contributed by atoms with Crippen LogP contribution in [0.25, 0.3) is 0 Å². The maximum absolute atomic E-state index is 4.84. The molecule has 0 aliphatic heterocycles. The van der Waals surface area contributed by atoms with Gasteiger partial charge in [-0.1, -0.05) is 20.3 Å². The Morgan fingerprint density at radius 1 is 1.41 bits per heavy atom. The second-order valence-electron chi connectivity index (χ2n) is 5.03. The third-order valence-corrected chi connectivity index (χ3v) is 4.84. The van der Waals surface area contributed by atoms with E-state index in [9.17, 15) is 0 Å². The van der Waals surface area contributed by atoms with Crippen molar-refractivity contribution in [3.63, 3.8) is 0 Å². The van der Waals surface area contributed by atoms with Crippen LogP contribution in [0.5, 0.6) is 0 Å². The molecule has 1 atom stereocenters. The van der Waals surface area contributed by atoms with Crippen LogP contribution < -0.4 is 5.32 Å². The van der Waals surface area contributed by atoms with Gasteiger partial charge in [0.05, 0.1) is 11.7 Å². The summed E-state index contributed by atoms with van der Waals surface area (Å²) in [4.78, 5) is 6.25. The van der Waals surface area contributed by atoms with E-state index in [2.05, 4.69) is 26.1 Å². The molecule has 0 amide bonds. The van der Waals surface area contributed by atoms with Crippen LogP contribution in [0.15, 0.2) is 0 Å². The topological polar surface area (TPSA) is 24.9 Å². The Morgan fingerprint density at radius 2 is 2.18 bits per heavy atom. The maximum Gasteiger partial charge on any atom is 0.110 e. The minimum absolute atomic E-state index is 0.521. The molecule has 3 heteroatoms. The zero-order valence-corrected chi connectivity index (χ0v) is 12.1. The molecule has 1 aliphatic rings. The highest BCUT2D eigenvalue weighted by atomic mass is 32.1. The van der Waals surface area contributed by atoms with Crippen molar-refractivity contribution >= 4 is 11.3 Å². The second kappa shape index (κ2) is 5.96. The zero-order valence-electron chi connectivity index (χ0n) is 11.3. The Labute approximate surface area is 109 Å². The summed E-state index contributed by atoms with van der Waals surface area (Å²) in [5, 5.41) is 5.03. The Kier molecular flexibility index (Phi) is 4.57. The van der Waals surface area contributed by atoms with Crippen LogP contribution >= 0.6 is 11.3 Å². The lowest BCUT2D eigenvalue weighted by atomic mass is 9.80. The first-order valence-electron chi connectivity index (χ1n) is 6.95. The molecule has 0 radical (unpaired) electrons. The van der Waals surface area contributed by atoms with Crippen LogP contribution in [-0.4, -0.2) is 11.5 Å². The molecular weight excluding hydrogens is 228 g/mol. The molecule has 1 unspecified atom stereocenters. The highest BCUT2D eigenvalue weighted by Crippen LogP contribution is 2.39. The molecule has 0 bridgehead atoms. The predicted octanol–water partition coefficient (Wildman–Crippen LogP) is 3.85. The summed E-state index contributed by atoms with van der Waals surface area (Å²) in [6.07, 6.45) is 6.42. The number of aromatic nitrogens is 1. The number of aryl methyl sites for hydroxylation is 2. The molecule has 2 nitrogen and oxygen atoms in total. The molecule has 1 aromatic rings. The van der Waals surface area contributed by atoms with E-state index in [0.29, 0.717) is 6.04 Å². The molecule has 17 heavy (non-hydrogen) atoms. The highest BCUT2D eigenvalue weighted by molar-refractivity contribution is 7.11. The smallest absolute Gasteiger partial charge is 0.110 e. The van der Waals surface area contributed by atoms with Gasteiger partial charge in [-0.3, -0.25) is 0 Å². The quantitative estimate of drug-likeness (QED) is 0.831. The standard InChI is InChI=1S/C14H24N2S/c1-4-9-15-13(11-7-6-8-11)14-16-12(5-2)10(3)17-14/h11,13,15H,4-9H2,1-3H3. The van der Waals surface area contributed by atoms with E-state index in [4.69, 9.17) is 4.98 Å². The van der Waals surface area contributed by atoms with Gasteiger partial charge in [-0.2, -0.15) is 0 Å². The number of hydrogen-bond donors (Lipinski definition) is 1. The Bertz CT molecular complexity index is 355. The first-order valence-corrected chi connectivity index (χ1v) is 7.77. The van der Waals surface area contributed by atoms with E-state index in [1.165, 1.54) is 41.3 Å². The highest BCUT2D eigenvalue weighted by Gasteiger charge is 2.30. The largest absolute Gasteiger partial charge is 0.308 e. The first kappa shape index (κ1) is 13.0. The second-order valence-corrected chi connectivity index (χ2v) is 6.27. The molecule has 1 fully saturated rings. The van der Waals surface area contributed by atoms with Crippen LogP contribution in [0.4, 0.5) is 0 Å². The molecule has 96 valence electrons. The maximum atomic E-state index is 4.84. The number of nitrogens with one attached hydrogen (secondary N) is 1. The van der Waals surface area contributed by atoms with Crippen LogP contribution in [0, 0.1) is 12.8 Å². The van der Waals surface area contributed by atoms with Crippen LogP contribution in [-0.2, 0) is 6.42 Å². The Balaban J connectivity index is 2.12. The Morgan fingerprint density at radius 3 is 2.65 bits per heavy atom. The summed E-state index contributed by atoms with van der Waals surface area (Å²) in [5.41, 5.74) is 1.30. The molecule has 1 N–H and O–H groups in total. The van der Waals surface area contributed by atoms with Gasteiger partial charge < -0.3 is 5.32 Å². The molecule has 0 aromatic carbocycles. The molecular formula is C14H24N2S. The van der Waals surface area contributed by atoms with Gasteiger partial charge in [-0.05, 0) is 45.1 Å². The summed E-state index contributed by atoms with van der Waals surface area (Å²) in [5.74, 6) is 0.830. The van der Waals surface area contributed by atoms with Gasteiger partial charge in [0.2, 0.25) is 0 Å². The van der Waals surface area contributed by atoms with E-state index in [1.807, 2.05) is 11.3 Å².